The molecule has 0 amide bonds. The monoisotopic (exact) mass is 273 g/mol. The molecule has 2 aliphatic heterocycles. The van der Waals surface area contributed by atoms with Gasteiger partial charge in [-0.3, -0.25) is 4.90 Å². The first-order valence-electron chi connectivity index (χ1n) is 8.08. The predicted molar refractivity (Wildman–Crippen MR) is 85.3 cm³/mol. The first-order chi connectivity index (χ1) is 9.86. The lowest BCUT2D eigenvalue weighted by Gasteiger charge is -2.42. The van der Waals surface area contributed by atoms with Crippen molar-refractivity contribution < 1.29 is 0 Å². The quantitative estimate of drug-likeness (QED) is 0.912. The third-order valence-electron chi connectivity index (χ3n) is 4.96. The SMILES string of the molecule is CNC1CCCN(C2CCN(c3ccccc3)CC2)C1. The summed E-state index contributed by atoms with van der Waals surface area (Å²) in [6.45, 7) is 4.95. The Kier molecular flexibility index (Phi) is 4.58. The standard InChI is InChI=1S/C17H27N3/c1-18-15-6-5-11-20(14-15)17-9-12-19(13-10-17)16-7-3-2-4-8-16/h2-4,7-8,15,17-18H,5-6,9-14H2,1H3. The molecule has 2 heterocycles. The van der Waals surface area contributed by atoms with Crippen LogP contribution in [0, 0.1) is 0 Å². The molecule has 1 aromatic rings. The van der Waals surface area contributed by atoms with Gasteiger partial charge in [-0.05, 0) is 51.4 Å². The van der Waals surface area contributed by atoms with Gasteiger partial charge in [-0.25, -0.2) is 0 Å². The Morgan fingerprint density at radius 2 is 1.75 bits per heavy atom. The normalized spacial score (nSPS) is 25.9. The van der Waals surface area contributed by atoms with Gasteiger partial charge >= 0.3 is 0 Å². The zero-order valence-corrected chi connectivity index (χ0v) is 12.6. The molecule has 0 aromatic heterocycles. The number of nitrogens with zero attached hydrogens (tertiary/aromatic N) is 2. The molecule has 20 heavy (non-hydrogen) atoms. The van der Waals surface area contributed by atoms with Crippen LogP contribution in [0.3, 0.4) is 0 Å². The number of hydrogen-bond donors (Lipinski definition) is 1. The lowest BCUT2D eigenvalue weighted by atomic mass is 9.97. The molecule has 1 unspecified atom stereocenters. The van der Waals surface area contributed by atoms with E-state index in [-0.39, 0.29) is 0 Å². The predicted octanol–water partition coefficient (Wildman–Crippen LogP) is 2.34. The smallest absolute Gasteiger partial charge is 0.0366 e. The van der Waals surface area contributed by atoms with E-state index in [1.54, 1.807) is 0 Å². The zero-order valence-electron chi connectivity index (χ0n) is 12.6. The maximum absolute atomic E-state index is 3.46. The van der Waals surface area contributed by atoms with Crippen LogP contribution in [0.25, 0.3) is 0 Å². The second-order valence-electron chi connectivity index (χ2n) is 6.18. The van der Waals surface area contributed by atoms with E-state index in [9.17, 15) is 0 Å². The molecule has 1 aromatic carbocycles. The fourth-order valence-electron chi connectivity index (χ4n) is 3.70. The van der Waals surface area contributed by atoms with Crippen LogP contribution in [0.4, 0.5) is 5.69 Å². The largest absolute Gasteiger partial charge is 0.371 e. The highest BCUT2D eigenvalue weighted by atomic mass is 15.2. The number of likely N-dealkylation sites (N-methyl/N-ethyl adjacent to an activating group) is 1. The second kappa shape index (κ2) is 6.59. The maximum atomic E-state index is 3.46. The van der Waals surface area contributed by atoms with Crippen LogP contribution >= 0.6 is 0 Å². The fourth-order valence-corrected chi connectivity index (χ4v) is 3.70. The molecule has 3 nitrogen and oxygen atoms in total. The second-order valence-corrected chi connectivity index (χ2v) is 6.18. The molecule has 0 bridgehead atoms. The van der Waals surface area contributed by atoms with E-state index in [0.29, 0.717) is 6.04 Å². The molecule has 0 spiro atoms. The van der Waals surface area contributed by atoms with Crippen molar-refractivity contribution in [3.05, 3.63) is 30.3 Å². The third kappa shape index (κ3) is 3.15. The number of likely N-dealkylation sites (tertiary alicyclic amines) is 1. The summed E-state index contributed by atoms with van der Waals surface area (Å²) in [5.41, 5.74) is 1.39. The first-order valence-corrected chi connectivity index (χ1v) is 8.08. The van der Waals surface area contributed by atoms with Gasteiger partial charge in [0.1, 0.15) is 0 Å². The van der Waals surface area contributed by atoms with Gasteiger partial charge in [-0.15, -0.1) is 0 Å². The summed E-state index contributed by atoms with van der Waals surface area (Å²) in [6.07, 6.45) is 5.32. The topological polar surface area (TPSA) is 18.5 Å². The van der Waals surface area contributed by atoms with Crippen LogP contribution in [-0.4, -0.2) is 50.2 Å². The summed E-state index contributed by atoms with van der Waals surface area (Å²) >= 11 is 0. The van der Waals surface area contributed by atoms with Crippen molar-refractivity contribution in [2.24, 2.45) is 0 Å². The van der Waals surface area contributed by atoms with Gasteiger partial charge in [-0.2, -0.15) is 0 Å². The van der Waals surface area contributed by atoms with Crippen LogP contribution in [-0.2, 0) is 0 Å². The highest BCUT2D eigenvalue weighted by Crippen LogP contribution is 2.24. The highest BCUT2D eigenvalue weighted by Gasteiger charge is 2.28. The minimum atomic E-state index is 0.705. The van der Waals surface area contributed by atoms with Gasteiger partial charge in [0.05, 0.1) is 0 Å². The third-order valence-corrected chi connectivity index (χ3v) is 4.96. The molecule has 0 saturated carbocycles. The van der Waals surface area contributed by atoms with Gasteiger partial charge in [0.25, 0.3) is 0 Å². The average molecular weight is 273 g/mol. The van der Waals surface area contributed by atoms with Gasteiger partial charge in [-0.1, -0.05) is 18.2 Å². The van der Waals surface area contributed by atoms with E-state index in [4.69, 9.17) is 0 Å². The Bertz CT molecular complexity index is 398. The fraction of sp³-hybridized carbons (Fsp3) is 0.647. The molecule has 1 atom stereocenters. The molecule has 3 heteroatoms. The number of rotatable bonds is 3. The van der Waals surface area contributed by atoms with E-state index in [1.165, 1.54) is 57.5 Å². The van der Waals surface area contributed by atoms with Crippen molar-refractivity contribution in [1.82, 2.24) is 10.2 Å². The Hall–Kier alpha value is -1.06. The maximum Gasteiger partial charge on any atom is 0.0366 e. The van der Waals surface area contributed by atoms with Crippen molar-refractivity contribution >= 4 is 5.69 Å². The minimum absolute atomic E-state index is 0.705. The molecular weight excluding hydrogens is 246 g/mol. The summed E-state index contributed by atoms with van der Waals surface area (Å²) < 4.78 is 0. The number of nitrogens with one attached hydrogen (secondary N) is 1. The lowest BCUT2D eigenvalue weighted by molar-refractivity contribution is 0.121. The van der Waals surface area contributed by atoms with E-state index in [1.807, 2.05) is 0 Å². The van der Waals surface area contributed by atoms with Crippen LogP contribution in [0.5, 0.6) is 0 Å². The Balaban J connectivity index is 1.53. The van der Waals surface area contributed by atoms with Crippen LogP contribution < -0.4 is 10.2 Å². The first kappa shape index (κ1) is 13.9. The van der Waals surface area contributed by atoms with Gasteiger partial charge in [0.15, 0.2) is 0 Å². The van der Waals surface area contributed by atoms with Crippen LogP contribution in [0.1, 0.15) is 25.7 Å². The molecule has 0 radical (unpaired) electrons. The molecule has 2 saturated heterocycles. The summed E-state index contributed by atoms with van der Waals surface area (Å²) in [5.74, 6) is 0. The average Bonchev–Trinajstić information content (AvgIpc) is 2.56. The molecule has 3 rings (SSSR count). The highest BCUT2D eigenvalue weighted by molar-refractivity contribution is 5.46. The van der Waals surface area contributed by atoms with Crippen molar-refractivity contribution in [3.63, 3.8) is 0 Å². The Morgan fingerprint density at radius 1 is 1.00 bits per heavy atom. The summed E-state index contributed by atoms with van der Waals surface area (Å²) in [7, 11) is 2.10. The number of para-hydroxylation sites is 1. The van der Waals surface area contributed by atoms with Gasteiger partial charge < -0.3 is 10.2 Å². The van der Waals surface area contributed by atoms with E-state index < -0.39 is 0 Å². The lowest BCUT2D eigenvalue weighted by Crippen LogP contribution is -2.52. The van der Waals surface area contributed by atoms with Crippen molar-refractivity contribution in [1.29, 1.82) is 0 Å². The summed E-state index contributed by atoms with van der Waals surface area (Å²) in [4.78, 5) is 5.27. The molecule has 2 fully saturated rings. The minimum Gasteiger partial charge on any atom is -0.371 e. The zero-order chi connectivity index (χ0) is 13.8. The van der Waals surface area contributed by atoms with Crippen molar-refractivity contribution in [3.8, 4) is 0 Å². The van der Waals surface area contributed by atoms with Crippen LogP contribution in [0.2, 0.25) is 0 Å². The van der Waals surface area contributed by atoms with Crippen molar-refractivity contribution in [2.75, 3.05) is 38.1 Å². The number of hydrogen-bond acceptors (Lipinski definition) is 3. The van der Waals surface area contributed by atoms with Crippen LogP contribution in [0.15, 0.2) is 30.3 Å². The Morgan fingerprint density at radius 3 is 2.45 bits per heavy atom. The molecule has 0 aliphatic carbocycles. The Labute approximate surface area is 123 Å². The van der Waals surface area contributed by atoms with E-state index in [0.717, 1.165) is 6.04 Å². The van der Waals surface area contributed by atoms with Gasteiger partial charge in [0.2, 0.25) is 0 Å². The number of piperidine rings is 2. The van der Waals surface area contributed by atoms with Gasteiger partial charge in [0, 0.05) is 37.4 Å². The summed E-state index contributed by atoms with van der Waals surface area (Å²) in [5, 5.41) is 3.46. The molecular formula is C17H27N3. The number of anilines is 1. The van der Waals surface area contributed by atoms with E-state index in [2.05, 4.69) is 52.5 Å². The number of benzene rings is 1. The molecule has 2 aliphatic rings. The van der Waals surface area contributed by atoms with Crippen molar-refractivity contribution in [2.45, 2.75) is 37.8 Å². The molecule has 110 valence electrons. The summed E-state index contributed by atoms with van der Waals surface area (Å²) in [6, 6.07) is 12.4. The van der Waals surface area contributed by atoms with E-state index >= 15 is 0 Å². The molecule has 1 N–H and O–H groups in total.